The largest absolute Gasteiger partial charge is 0.391 e. The molecule has 0 fully saturated rings. The molecule has 6 nitrogen and oxygen atoms in total. The lowest BCUT2D eigenvalue weighted by Crippen LogP contribution is -2.36. The van der Waals surface area contributed by atoms with Crippen molar-refractivity contribution in [2.45, 2.75) is 11.5 Å². The molecule has 0 aliphatic rings. The van der Waals surface area contributed by atoms with Crippen LogP contribution in [0.4, 0.5) is 0 Å². The number of aliphatic hydroxyl groups excluding tert-OH is 1. The van der Waals surface area contributed by atoms with Crippen LogP contribution in [0.3, 0.4) is 0 Å². The van der Waals surface area contributed by atoms with Gasteiger partial charge in [-0.2, -0.15) is 4.31 Å². The smallest absolute Gasteiger partial charge is 0.244 e. The molecule has 0 unspecified atom stereocenters. The van der Waals surface area contributed by atoms with Crippen LogP contribution < -0.4 is 0 Å². The summed E-state index contributed by atoms with van der Waals surface area (Å²) in [4.78, 5) is 0.825. The molecule has 0 saturated heterocycles. The van der Waals surface area contributed by atoms with Crippen LogP contribution in [0.15, 0.2) is 16.3 Å². The van der Waals surface area contributed by atoms with Crippen LogP contribution >= 0.6 is 11.3 Å². The predicted octanol–water partition coefficient (Wildman–Crippen LogP) is 0.524. The van der Waals surface area contributed by atoms with E-state index in [1.807, 2.05) is 0 Å². The first-order valence-corrected chi connectivity index (χ1v) is 8.04. The minimum atomic E-state index is -3.56. The monoisotopic (exact) mass is 309 g/mol. The summed E-state index contributed by atoms with van der Waals surface area (Å²) in [6.07, 6.45) is 0. The predicted molar refractivity (Wildman–Crippen MR) is 72.8 cm³/mol. The Labute approximate surface area is 117 Å². The Morgan fingerprint density at radius 2 is 1.84 bits per heavy atom. The maximum absolute atomic E-state index is 12.4. The third kappa shape index (κ3) is 4.51. The molecule has 0 saturated carbocycles. The molecule has 0 spiro atoms. The third-order valence-corrected chi connectivity index (χ3v) is 5.46. The fourth-order valence-corrected chi connectivity index (χ4v) is 4.00. The van der Waals surface area contributed by atoms with Gasteiger partial charge in [-0.1, -0.05) is 0 Å². The number of rotatable bonds is 9. The van der Waals surface area contributed by atoms with Crippen LogP contribution in [0.25, 0.3) is 0 Å². The van der Waals surface area contributed by atoms with Gasteiger partial charge in [0.15, 0.2) is 0 Å². The standard InChI is InChI=1S/C11H19NO5S2/c1-16-5-3-12(4-6-17-2)19(14,15)11-7-10(8-13)18-9-11/h7,9,13H,3-6,8H2,1-2H3. The first-order valence-electron chi connectivity index (χ1n) is 5.72. The van der Waals surface area contributed by atoms with Crippen molar-refractivity contribution < 1.29 is 23.0 Å². The number of sulfonamides is 1. The number of nitrogens with zero attached hydrogens (tertiary/aromatic N) is 1. The average Bonchev–Trinajstić information content (AvgIpc) is 2.88. The van der Waals surface area contributed by atoms with E-state index in [0.29, 0.717) is 18.1 Å². The van der Waals surface area contributed by atoms with Crippen molar-refractivity contribution in [3.8, 4) is 0 Å². The van der Waals surface area contributed by atoms with E-state index in [1.54, 1.807) is 0 Å². The van der Waals surface area contributed by atoms with Crippen LogP contribution in [-0.4, -0.2) is 58.4 Å². The zero-order valence-corrected chi connectivity index (χ0v) is 12.7. The summed E-state index contributed by atoms with van der Waals surface area (Å²) >= 11 is 1.22. The van der Waals surface area contributed by atoms with E-state index < -0.39 is 10.0 Å². The van der Waals surface area contributed by atoms with E-state index >= 15 is 0 Å². The van der Waals surface area contributed by atoms with E-state index in [4.69, 9.17) is 14.6 Å². The Morgan fingerprint density at radius 1 is 1.26 bits per heavy atom. The lowest BCUT2D eigenvalue weighted by Gasteiger charge is -2.20. The number of hydrogen-bond donors (Lipinski definition) is 1. The number of hydrogen-bond acceptors (Lipinski definition) is 6. The molecule has 8 heteroatoms. The van der Waals surface area contributed by atoms with E-state index in [-0.39, 0.29) is 24.6 Å². The fourth-order valence-electron chi connectivity index (χ4n) is 1.47. The van der Waals surface area contributed by atoms with Crippen LogP contribution in [-0.2, 0) is 26.1 Å². The Bertz CT molecular complexity index is 463. The molecule has 19 heavy (non-hydrogen) atoms. The summed E-state index contributed by atoms with van der Waals surface area (Å²) in [7, 11) is -0.515. The van der Waals surface area contributed by atoms with Crippen molar-refractivity contribution in [2.24, 2.45) is 0 Å². The molecule has 0 aromatic carbocycles. The van der Waals surface area contributed by atoms with Crippen LogP contribution in [0, 0.1) is 0 Å². The Hall–Kier alpha value is -0.510. The van der Waals surface area contributed by atoms with Gasteiger partial charge in [-0.05, 0) is 6.07 Å². The summed E-state index contributed by atoms with van der Waals surface area (Å²) in [5.41, 5.74) is 0. The summed E-state index contributed by atoms with van der Waals surface area (Å²) in [6, 6.07) is 1.49. The van der Waals surface area contributed by atoms with E-state index in [9.17, 15) is 8.42 Å². The van der Waals surface area contributed by atoms with Gasteiger partial charge in [0.2, 0.25) is 10.0 Å². The topological polar surface area (TPSA) is 76.1 Å². The molecule has 0 aliphatic carbocycles. The van der Waals surface area contributed by atoms with Crippen molar-refractivity contribution in [1.29, 1.82) is 0 Å². The number of aliphatic hydroxyl groups is 1. The quantitative estimate of drug-likeness (QED) is 0.720. The summed E-state index contributed by atoms with van der Waals surface area (Å²) in [6.45, 7) is 1.02. The van der Waals surface area contributed by atoms with Crippen molar-refractivity contribution >= 4 is 21.4 Å². The second kappa shape index (κ2) is 7.93. The van der Waals surface area contributed by atoms with Crippen LogP contribution in [0.1, 0.15) is 4.88 Å². The van der Waals surface area contributed by atoms with Crippen molar-refractivity contribution in [2.75, 3.05) is 40.5 Å². The number of methoxy groups -OCH3 is 2. The van der Waals surface area contributed by atoms with E-state index in [2.05, 4.69) is 0 Å². The average molecular weight is 309 g/mol. The van der Waals surface area contributed by atoms with Gasteiger partial charge >= 0.3 is 0 Å². The minimum absolute atomic E-state index is 0.156. The highest BCUT2D eigenvalue weighted by molar-refractivity contribution is 7.89. The van der Waals surface area contributed by atoms with Gasteiger partial charge in [0.25, 0.3) is 0 Å². The van der Waals surface area contributed by atoms with Gasteiger partial charge in [-0.25, -0.2) is 8.42 Å². The fraction of sp³-hybridized carbons (Fsp3) is 0.636. The zero-order chi connectivity index (χ0) is 14.3. The van der Waals surface area contributed by atoms with Gasteiger partial charge in [0, 0.05) is 37.6 Å². The highest BCUT2D eigenvalue weighted by Gasteiger charge is 2.25. The molecule has 0 aliphatic heterocycles. The molecule has 0 amide bonds. The van der Waals surface area contributed by atoms with Crippen LogP contribution in [0.2, 0.25) is 0 Å². The normalized spacial score (nSPS) is 12.2. The molecule has 1 aromatic rings. The summed E-state index contributed by atoms with van der Waals surface area (Å²) in [5, 5.41) is 10.5. The number of ether oxygens (including phenoxy) is 2. The van der Waals surface area contributed by atoms with Gasteiger partial charge in [-0.3, -0.25) is 0 Å². The highest BCUT2D eigenvalue weighted by atomic mass is 32.2. The third-order valence-electron chi connectivity index (χ3n) is 2.51. The molecule has 0 bridgehead atoms. The van der Waals surface area contributed by atoms with Gasteiger partial charge in [-0.15, -0.1) is 11.3 Å². The second-order valence-corrected chi connectivity index (χ2v) is 6.73. The molecule has 1 heterocycles. The van der Waals surface area contributed by atoms with Gasteiger partial charge in [0.1, 0.15) is 0 Å². The molecule has 110 valence electrons. The number of thiophene rings is 1. The zero-order valence-electron chi connectivity index (χ0n) is 11.0. The molecule has 1 aromatic heterocycles. The molecule has 1 N–H and O–H groups in total. The SMILES string of the molecule is COCCN(CCOC)S(=O)(=O)c1csc(CO)c1. The van der Waals surface area contributed by atoms with Crippen molar-refractivity contribution in [3.05, 3.63) is 16.3 Å². The second-order valence-electron chi connectivity index (χ2n) is 3.80. The van der Waals surface area contributed by atoms with Crippen molar-refractivity contribution in [3.63, 3.8) is 0 Å². The maximum atomic E-state index is 12.4. The maximum Gasteiger partial charge on any atom is 0.244 e. The lowest BCUT2D eigenvalue weighted by atomic mass is 10.5. The van der Waals surface area contributed by atoms with Crippen LogP contribution in [0.5, 0.6) is 0 Å². The molecular formula is C11H19NO5S2. The first-order chi connectivity index (χ1) is 9.06. The summed E-state index contributed by atoms with van der Waals surface area (Å²) < 4.78 is 36.0. The summed E-state index contributed by atoms with van der Waals surface area (Å²) in [5.74, 6) is 0. The molecule has 1 rings (SSSR count). The molecule has 0 radical (unpaired) electrons. The molecule has 0 atom stereocenters. The first kappa shape index (κ1) is 16.5. The lowest BCUT2D eigenvalue weighted by molar-refractivity contribution is 0.150. The Morgan fingerprint density at radius 3 is 2.26 bits per heavy atom. The molecular weight excluding hydrogens is 290 g/mol. The Kier molecular flexibility index (Phi) is 6.90. The van der Waals surface area contributed by atoms with E-state index in [1.165, 1.54) is 41.3 Å². The van der Waals surface area contributed by atoms with Gasteiger partial charge < -0.3 is 14.6 Å². The van der Waals surface area contributed by atoms with Crippen molar-refractivity contribution in [1.82, 2.24) is 4.31 Å². The minimum Gasteiger partial charge on any atom is -0.391 e. The Balaban J connectivity index is 2.90. The highest BCUT2D eigenvalue weighted by Crippen LogP contribution is 2.22. The van der Waals surface area contributed by atoms with Gasteiger partial charge in [0.05, 0.1) is 24.7 Å². The van der Waals surface area contributed by atoms with E-state index in [0.717, 1.165) is 0 Å².